The highest BCUT2D eigenvalue weighted by Gasteiger charge is 2.36. The number of hydrogen-bond donors (Lipinski definition) is 0. The topological polar surface area (TPSA) is 86.3 Å². The summed E-state index contributed by atoms with van der Waals surface area (Å²) < 4.78 is 18.8. The van der Waals surface area contributed by atoms with E-state index in [1.807, 2.05) is 32.0 Å². The molecule has 3 aromatic rings. The van der Waals surface area contributed by atoms with E-state index in [-0.39, 0.29) is 12.2 Å². The van der Waals surface area contributed by atoms with Crippen molar-refractivity contribution in [3.05, 3.63) is 77.6 Å². The predicted octanol–water partition coefficient (Wildman–Crippen LogP) is 3.90. The Balaban J connectivity index is 2.02. The number of benzene rings is 1. The average molecular weight is 530 g/mol. The van der Waals surface area contributed by atoms with E-state index in [1.54, 1.807) is 37.3 Å². The van der Waals surface area contributed by atoms with Gasteiger partial charge in [-0.15, -0.1) is 0 Å². The SMILES string of the molecule is CCCC1=C(C(=O)OCC)[C@@H](c2cc(Cl)ccc2OC)n2c(s/c(=C/c3ccc(N(C)C)o3)c2=O)=N1. The van der Waals surface area contributed by atoms with Crippen molar-refractivity contribution in [1.29, 1.82) is 0 Å². The van der Waals surface area contributed by atoms with Gasteiger partial charge in [-0.05, 0) is 37.6 Å². The van der Waals surface area contributed by atoms with E-state index in [1.165, 1.54) is 23.0 Å². The second-order valence-corrected chi connectivity index (χ2v) is 9.82. The minimum Gasteiger partial charge on any atom is -0.496 e. The van der Waals surface area contributed by atoms with Crippen molar-refractivity contribution in [2.45, 2.75) is 32.7 Å². The van der Waals surface area contributed by atoms with Crippen LogP contribution in [0, 0.1) is 0 Å². The van der Waals surface area contributed by atoms with E-state index >= 15 is 0 Å². The van der Waals surface area contributed by atoms with Crippen LogP contribution in [0.15, 0.2) is 55.8 Å². The van der Waals surface area contributed by atoms with Crippen molar-refractivity contribution in [2.24, 2.45) is 4.99 Å². The van der Waals surface area contributed by atoms with Crippen LogP contribution in [0.3, 0.4) is 0 Å². The number of esters is 1. The van der Waals surface area contributed by atoms with Crippen LogP contribution in [0.5, 0.6) is 5.75 Å². The molecule has 0 aliphatic carbocycles. The molecular formula is C26H28ClN3O5S. The van der Waals surface area contributed by atoms with Crippen LogP contribution in [0.4, 0.5) is 5.88 Å². The first-order chi connectivity index (χ1) is 17.3. The van der Waals surface area contributed by atoms with Crippen LogP contribution in [0.2, 0.25) is 5.02 Å². The maximum absolute atomic E-state index is 13.8. The van der Waals surface area contributed by atoms with Gasteiger partial charge in [0.15, 0.2) is 10.7 Å². The molecule has 8 nitrogen and oxygen atoms in total. The number of thiazole rings is 1. The number of carbonyl (C=O) groups excluding carboxylic acids is 1. The third-order valence-corrected chi connectivity index (χ3v) is 6.92. The van der Waals surface area contributed by atoms with Crippen molar-refractivity contribution >= 4 is 40.9 Å². The molecule has 10 heteroatoms. The number of fused-ring (bicyclic) bond motifs is 1. The maximum atomic E-state index is 13.8. The lowest BCUT2D eigenvalue weighted by Gasteiger charge is -2.27. The fourth-order valence-corrected chi connectivity index (χ4v) is 5.30. The van der Waals surface area contributed by atoms with Crippen LogP contribution >= 0.6 is 22.9 Å². The first-order valence-corrected chi connectivity index (χ1v) is 12.8. The Hall–Kier alpha value is -3.30. The molecule has 0 bridgehead atoms. The summed E-state index contributed by atoms with van der Waals surface area (Å²) in [4.78, 5) is 34.2. The highest BCUT2D eigenvalue weighted by Crippen LogP contribution is 2.38. The Morgan fingerprint density at radius 1 is 1.28 bits per heavy atom. The standard InChI is InChI=1S/C26H28ClN3O5S/c1-6-8-18-22(25(32)34-7-2)23(17-13-15(27)9-11-19(17)33-5)30-24(31)20(36-26(30)28-18)14-16-10-12-21(35-16)29(3)4/h9-14,23H,6-8H2,1-5H3/b20-14+/t23-/m1/s1. The Labute approximate surface area is 217 Å². The number of carbonyl (C=O) groups is 1. The van der Waals surface area contributed by atoms with Crippen molar-refractivity contribution in [3.63, 3.8) is 0 Å². The Kier molecular flexibility index (Phi) is 7.70. The first kappa shape index (κ1) is 25.8. The Morgan fingerprint density at radius 2 is 2.06 bits per heavy atom. The molecule has 0 N–H and O–H groups in total. The van der Waals surface area contributed by atoms with E-state index < -0.39 is 12.0 Å². The van der Waals surface area contributed by atoms with Gasteiger partial charge in [-0.2, -0.15) is 0 Å². The second-order valence-electron chi connectivity index (χ2n) is 8.37. The summed E-state index contributed by atoms with van der Waals surface area (Å²) in [5.41, 5.74) is 1.18. The van der Waals surface area contributed by atoms with E-state index in [0.717, 1.165) is 6.42 Å². The minimum absolute atomic E-state index is 0.193. The van der Waals surface area contributed by atoms with Gasteiger partial charge < -0.3 is 18.8 Å². The normalized spacial score (nSPS) is 15.5. The molecule has 0 radical (unpaired) electrons. The zero-order chi connectivity index (χ0) is 26.0. The fourth-order valence-electron chi connectivity index (χ4n) is 4.12. The molecule has 3 heterocycles. The summed E-state index contributed by atoms with van der Waals surface area (Å²) in [6, 6.07) is 7.96. The highest BCUT2D eigenvalue weighted by molar-refractivity contribution is 7.07. The molecule has 0 unspecified atom stereocenters. The van der Waals surface area contributed by atoms with Crippen molar-refractivity contribution < 1.29 is 18.7 Å². The lowest BCUT2D eigenvalue weighted by Crippen LogP contribution is -2.40. The Bertz CT molecular complexity index is 1500. The smallest absolute Gasteiger partial charge is 0.338 e. The minimum atomic E-state index is -0.813. The number of halogens is 1. The number of anilines is 1. The van der Waals surface area contributed by atoms with Gasteiger partial charge in [-0.25, -0.2) is 9.79 Å². The third-order valence-electron chi connectivity index (χ3n) is 5.71. The summed E-state index contributed by atoms with van der Waals surface area (Å²) in [5, 5.41) is 0.456. The van der Waals surface area contributed by atoms with Gasteiger partial charge in [0.25, 0.3) is 5.56 Å². The van der Waals surface area contributed by atoms with Crippen LogP contribution < -0.4 is 24.5 Å². The number of furan rings is 1. The summed E-state index contributed by atoms with van der Waals surface area (Å²) in [5.74, 6) is 1.19. The third kappa shape index (κ3) is 4.85. The number of ether oxygens (including phenoxy) is 2. The molecule has 0 saturated heterocycles. The lowest BCUT2D eigenvalue weighted by molar-refractivity contribution is -0.139. The van der Waals surface area contributed by atoms with Crippen molar-refractivity contribution in [3.8, 4) is 5.75 Å². The van der Waals surface area contributed by atoms with E-state index in [9.17, 15) is 9.59 Å². The van der Waals surface area contributed by atoms with Crippen LogP contribution in [0.25, 0.3) is 6.08 Å². The van der Waals surface area contributed by atoms with Gasteiger partial charge in [0.1, 0.15) is 17.6 Å². The summed E-state index contributed by atoms with van der Waals surface area (Å²) in [6.45, 7) is 3.95. The van der Waals surface area contributed by atoms with Gasteiger partial charge in [-0.3, -0.25) is 9.36 Å². The van der Waals surface area contributed by atoms with Crippen LogP contribution in [0.1, 0.15) is 44.1 Å². The number of methoxy groups -OCH3 is 1. The van der Waals surface area contributed by atoms with Gasteiger partial charge in [0.2, 0.25) is 0 Å². The van der Waals surface area contributed by atoms with Gasteiger partial charge in [-0.1, -0.05) is 36.3 Å². The summed E-state index contributed by atoms with van der Waals surface area (Å²) >= 11 is 7.61. The van der Waals surface area contributed by atoms with Crippen molar-refractivity contribution in [1.82, 2.24) is 4.57 Å². The Morgan fingerprint density at radius 3 is 2.69 bits per heavy atom. The maximum Gasteiger partial charge on any atom is 0.338 e. The molecule has 0 spiro atoms. The molecule has 36 heavy (non-hydrogen) atoms. The monoisotopic (exact) mass is 529 g/mol. The van der Waals surface area contributed by atoms with E-state index in [0.29, 0.717) is 55.0 Å². The van der Waals surface area contributed by atoms with E-state index in [2.05, 4.69) is 0 Å². The molecule has 0 amide bonds. The van der Waals surface area contributed by atoms with Gasteiger partial charge in [0, 0.05) is 36.8 Å². The van der Waals surface area contributed by atoms with E-state index in [4.69, 9.17) is 30.5 Å². The molecule has 190 valence electrons. The van der Waals surface area contributed by atoms with Crippen molar-refractivity contribution in [2.75, 3.05) is 32.7 Å². The van der Waals surface area contributed by atoms with Crippen LogP contribution in [-0.2, 0) is 9.53 Å². The molecule has 0 saturated carbocycles. The number of rotatable bonds is 8. The molecular weight excluding hydrogens is 502 g/mol. The molecule has 4 rings (SSSR count). The largest absolute Gasteiger partial charge is 0.496 e. The lowest BCUT2D eigenvalue weighted by atomic mass is 9.93. The number of nitrogens with zero attached hydrogens (tertiary/aromatic N) is 3. The molecule has 1 aliphatic rings. The number of aromatic nitrogens is 1. The number of allylic oxidation sites excluding steroid dienone is 1. The molecule has 1 atom stereocenters. The highest BCUT2D eigenvalue weighted by atomic mass is 35.5. The first-order valence-electron chi connectivity index (χ1n) is 11.6. The molecule has 1 aromatic carbocycles. The molecule has 1 aliphatic heterocycles. The average Bonchev–Trinajstić information content (AvgIpc) is 3.43. The van der Waals surface area contributed by atoms with Gasteiger partial charge >= 0.3 is 5.97 Å². The summed E-state index contributed by atoms with van der Waals surface area (Å²) in [7, 11) is 5.29. The zero-order valence-corrected chi connectivity index (χ0v) is 22.4. The van der Waals surface area contributed by atoms with Gasteiger partial charge in [0.05, 0.1) is 29.5 Å². The zero-order valence-electron chi connectivity index (χ0n) is 20.8. The second kappa shape index (κ2) is 10.8. The predicted molar refractivity (Wildman–Crippen MR) is 141 cm³/mol. The molecule has 0 fully saturated rings. The fraction of sp³-hybridized carbons (Fsp3) is 0.346. The number of hydrogen-bond acceptors (Lipinski definition) is 8. The summed E-state index contributed by atoms with van der Waals surface area (Å²) in [6.07, 6.45) is 3.00. The van der Waals surface area contributed by atoms with Crippen LogP contribution in [-0.4, -0.2) is 38.3 Å². The molecule has 2 aromatic heterocycles. The quantitative estimate of drug-likeness (QED) is 0.411.